The molecule has 4 aromatic carbocycles. The quantitative estimate of drug-likeness (QED) is 0.443. The molecule has 0 unspecified atom stereocenters. The SMILES string of the molecule is c1ccc(C2(c3ccccc3)Cc3cccc4cccc2c34)cc1. The topological polar surface area (TPSA) is 0 Å². The van der Waals surface area contributed by atoms with Gasteiger partial charge in [0.25, 0.3) is 0 Å². The fourth-order valence-corrected chi connectivity index (χ4v) is 4.43. The van der Waals surface area contributed by atoms with E-state index in [1.54, 1.807) is 0 Å². The molecule has 0 atom stereocenters. The molecule has 0 spiro atoms. The minimum absolute atomic E-state index is 0.0916. The summed E-state index contributed by atoms with van der Waals surface area (Å²) in [6.07, 6.45) is 1.03. The van der Waals surface area contributed by atoms with Crippen molar-refractivity contribution in [2.24, 2.45) is 0 Å². The van der Waals surface area contributed by atoms with E-state index >= 15 is 0 Å². The summed E-state index contributed by atoms with van der Waals surface area (Å²) in [5.74, 6) is 0. The maximum atomic E-state index is 2.32. The normalized spacial score (nSPS) is 14.8. The lowest BCUT2D eigenvalue weighted by Crippen LogP contribution is -2.28. The van der Waals surface area contributed by atoms with Gasteiger partial charge in [-0.25, -0.2) is 0 Å². The van der Waals surface area contributed by atoms with E-state index in [0.717, 1.165) is 6.42 Å². The van der Waals surface area contributed by atoms with Crippen LogP contribution in [0.1, 0.15) is 22.3 Å². The van der Waals surface area contributed by atoms with Gasteiger partial charge in [-0.05, 0) is 39.4 Å². The van der Waals surface area contributed by atoms with E-state index < -0.39 is 0 Å². The van der Waals surface area contributed by atoms with Crippen molar-refractivity contribution in [1.29, 1.82) is 0 Å². The predicted octanol–water partition coefficient (Wildman–Crippen LogP) is 5.73. The van der Waals surface area contributed by atoms with Crippen LogP contribution in [0.2, 0.25) is 0 Å². The molecule has 4 aromatic rings. The average molecular weight is 306 g/mol. The van der Waals surface area contributed by atoms with Crippen molar-refractivity contribution >= 4 is 10.8 Å². The van der Waals surface area contributed by atoms with Crippen LogP contribution in [-0.4, -0.2) is 0 Å². The Morgan fingerprint density at radius 2 is 1.12 bits per heavy atom. The Labute approximate surface area is 142 Å². The molecule has 114 valence electrons. The zero-order valence-electron chi connectivity index (χ0n) is 13.4. The van der Waals surface area contributed by atoms with Gasteiger partial charge in [0.15, 0.2) is 0 Å². The first kappa shape index (κ1) is 13.6. The molecule has 0 saturated carbocycles. The van der Waals surface area contributed by atoms with E-state index in [0.29, 0.717) is 0 Å². The summed E-state index contributed by atoms with van der Waals surface area (Å²) < 4.78 is 0. The lowest BCUT2D eigenvalue weighted by Gasteiger charge is -2.32. The Bertz CT molecular complexity index is 969. The molecule has 0 heterocycles. The third-order valence-electron chi connectivity index (χ3n) is 5.44. The van der Waals surface area contributed by atoms with Crippen LogP contribution in [0.15, 0.2) is 97.1 Å². The molecule has 0 fully saturated rings. The first-order valence-electron chi connectivity index (χ1n) is 8.52. The summed E-state index contributed by atoms with van der Waals surface area (Å²) in [6.45, 7) is 0. The van der Waals surface area contributed by atoms with Crippen LogP contribution < -0.4 is 0 Å². The minimum atomic E-state index is -0.0916. The van der Waals surface area contributed by atoms with Crippen LogP contribution in [0.5, 0.6) is 0 Å². The second-order valence-corrected chi connectivity index (χ2v) is 6.63. The molecule has 0 saturated heterocycles. The molecule has 0 aliphatic heterocycles. The summed E-state index contributed by atoms with van der Waals surface area (Å²) in [7, 11) is 0. The van der Waals surface area contributed by atoms with Crippen LogP contribution >= 0.6 is 0 Å². The highest BCUT2D eigenvalue weighted by Gasteiger charge is 2.42. The summed E-state index contributed by atoms with van der Waals surface area (Å²) in [4.78, 5) is 0. The van der Waals surface area contributed by atoms with Gasteiger partial charge in [0.1, 0.15) is 0 Å². The van der Waals surface area contributed by atoms with Gasteiger partial charge in [-0.2, -0.15) is 0 Å². The summed E-state index contributed by atoms with van der Waals surface area (Å²) in [5, 5.41) is 2.78. The molecule has 1 aliphatic carbocycles. The van der Waals surface area contributed by atoms with Gasteiger partial charge in [-0.3, -0.25) is 0 Å². The molecule has 0 nitrogen and oxygen atoms in total. The molecular weight excluding hydrogens is 288 g/mol. The second-order valence-electron chi connectivity index (χ2n) is 6.63. The highest BCUT2D eigenvalue weighted by atomic mass is 14.4. The molecule has 0 amide bonds. The van der Waals surface area contributed by atoms with Crippen LogP contribution in [0, 0.1) is 0 Å². The fraction of sp³-hybridized carbons (Fsp3) is 0.0833. The van der Waals surface area contributed by atoms with E-state index in [9.17, 15) is 0 Å². The summed E-state index contributed by atoms with van der Waals surface area (Å²) in [6, 6.07) is 35.4. The number of hydrogen-bond donors (Lipinski definition) is 0. The van der Waals surface area contributed by atoms with E-state index in [1.807, 2.05) is 0 Å². The maximum absolute atomic E-state index is 2.32. The molecule has 0 aromatic heterocycles. The molecule has 0 bridgehead atoms. The van der Waals surface area contributed by atoms with Crippen LogP contribution in [0.3, 0.4) is 0 Å². The van der Waals surface area contributed by atoms with Gasteiger partial charge in [0.2, 0.25) is 0 Å². The highest BCUT2D eigenvalue weighted by molar-refractivity contribution is 5.94. The largest absolute Gasteiger partial charge is 0.0622 e. The van der Waals surface area contributed by atoms with E-state index in [1.165, 1.54) is 33.0 Å². The van der Waals surface area contributed by atoms with E-state index in [2.05, 4.69) is 97.1 Å². The first-order chi connectivity index (χ1) is 11.9. The number of benzene rings is 4. The Hall–Kier alpha value is -2.86. The van der Waals surface area contributed by atoms with Crippen molar-refractivity contribution in [2.45, 2.75) is 11.8 Å². The minimum Gasteiger partial charge on any atom is -0.0622 e. The van der Waals surface area contributed by atoms with Crippen molar-refractivity contribution in [3.05, 3.63) is 119 Å². The van der Waals surface area contributed by atoms with Gasteiger partial charge >= 0.3 is 0 Å². The van der Waals surface area contributed by atoms with Gasteiger partial charge in [0, 0.05) is 5.41 Å². The maximum Gasteiger partial charge on any atom is 0.0497 e. The number of hydrogen-bond acceptors (Lipinski definition) is 0. The molecule has 0 heteroatoms. The zero-order valence-corrected chi connectivity index (χ0v) is 13.4. The summed E-state index contributed by atoms with van der Waals surface area (Å²) >= 11 is 0. The van der Waals surface area contributed by atoms with Crippen molar-refractivity contribution in [1.82, 2.24) is 0 Å². The third-order valence-corrected chi connectivity index (χ3v) is 5.44. The zero-order chi connectivity index (χ0) is 16.0. The number of rotatable bonds is 2. The monoisotopic (exact) mass is 306 g/mol. The van der Waals surface area contributed by atoms with Gasteiger partial charge in [0.05, 0.1) is 0 Å². The van der Waals surface area contributed by atoms with Gasteiger partial charge in [-0.15, -0.1) is 0 Å². The van der Waals surface area contributed by atoms with E-state index in [-0.39, 0.29) is 5.41 Å². The molecular formula is C24H18. The second kappa shape index (κ2) is 5.07. The third kappa shape index (κ3) is 1.74. The van der Waals surface area contributed by atoms with Crippen molar-refractivity contribution < 1.29 is 0 Å². The van der Waals surface area contributed by atoms with Gasteiger partial charge < -0.3 is 0 Å². The Kier molecular flexibility index (Phi) is 2.87. The molecule has 1 aliphatic rings. The van der Waals surface area contributed by atoms with Crippen LogP contribution in [-0.2, 0) is 11.8 Å². The molecule has 0 radical (unpaired) electrons. The molecule has 0 N–H and O–H groups in total. The lowest BCUT2D eigenvalue weighted by atomic mass is 9.70. The van der Waals surface area contributed by atoms with Crippen molar-refractivity contribution in [3.63, 3.8) is 0 Å². The molecule has 5 rings (SSSR count). The predicted molar refractivity (Wildman–Crippen MR) is 100 cm³/mol. The Morgan fingerprint density at radius 3 is 1.75 bits per heavy atom. The van der Waals surface area contributed by atoms with Crippen LogP contribution in [0.4, 0.5) is 0 Å². The van der Waals surface area contributed by atoms with Gasteiger partial charge in [-0.1, -0.05) is 97.1 Å². The van der Waals surface area contributed by atoms with Crippen molar-refractivity contribution in [2.75, 3.05) is 0 Å². The first-order valence-corrected chi connectivity index (χ1v) is 8.52. The lowest BCUT2D eigenvalue weighted by molar-refractivity contribution is 0.641. The van der Waals surface area contributed by atoms with E-state index in [4.69, 9.17) is 0 Å². The Balaban J connectivity index is 1.91. The standard InChI is InChI=1S/C24H18/c1-3-12-20(13-4-1)24(21-14-5-2-6-15-21)17-19-11-7-9-18-10-8-16-22(24)23(18)19/h1-16H,17H2. The van der Waals surface area contributed by atoms with Crippen LogP contribution in [0.25, 0.3) is 10.8 Å². The van der Waals surface area contributed by atoms with Crippen molar-refractivity contribution in [3.8, 4) is 0 Å². The Morgan fingerprint density at radius 1 is 0.542 bits per heavy atom. The smallest absolute Gasteiger partial charge is 0.0497 e. The fourth-order valence-electron chi connectivity index (χ4n) is 4.43. The summed E-state index contributed by atoms with van der Waals surface area (Å²) in [5.41, 5.74) is 5.55. The molecule has 24 heavy (non-hydrogen) atoms. The average Bonchev–Trinajstić information content (AvgIpc) is 3.01. The highest BCUT2D eigenvalue weighted by Crippen LogP contribution is 2.50.